The number of likely N-dealkylation sites (N-methyl/N-ethyl adjacent to an activating group) is 1. The van der Waals surface area contributed by atoms with E-state index in [1.165, 1.54) is 0 Å². The van der Waals surface area contributed by atoms with Gasteiger partial charge in [-0.1, -0.05) is 52.7 Å². The molecule has 0 saturated heterocycles. The number of carbonyl (C=O) groups excluding carboxylic acids is 2. The summed E-state index contributed by atoms with van der Waals surface area (Å²) in [6.07, 6.45) is 0.529. The fourth-order valence-electron chi connectivity index (χ4n) is 2.98. The molecule has 0 spiro atoms. The van der Waals surface area contributed by atoms with Gasteiger partial charge in [-0.2, -0.15) is 0 Å². The Labute approximate surface area is 175 Å². The average Bonchev–Trinajstić information content (AvgIpc) is 2.67. The molecule has 0 saturated carbocycles. The van der Waals surface area contributed by atoms with Crippen molar-refractivity contribution in [1.29, 1.82) is 0 Å². The standard InChI is InChI=1S/C22H27BrN2O3/c1-4-20(22(27)24-5-2)25(14-17-8-6-7-16(3)13-17)21(26)15-28-19-11-9-18(23)10-12-19/h6-13,20H,4-5,14-15H2,1-3H3,(H,24,27). The van der Waals surface area contributed by atoms with Crippen LogP contribution < -0.4 is 10.1 Å². The van der Waals surface area contributed by atoms with Gasteiger partial charge in [0.2, 0.25) is 5.91 Å². The van der Waals surface area contributed by atoms with Crippen LogP contribution in [0.2, 0.25) is 0 Å². The summed E-state index contributed by atoms with van der Waals surface area (Å²) in [6, 6.07) is 14.7. The molecule has 2 amide bonds. The normalized spacial score (nSPS) is 11.6. The van der Waals surface area contributed by atoms with Crippen LogP contribution in [0.1, 0.15) is 31.4 Å². The van der Waals surface area contributed by atoms with Gasteiger partial charge in [0.05, 0.1) is 0 Å². The van der Waals surface area contributed by atoms with Crippen LogP contribution in [0.25, 0.3) is 0 Å². The number of hydrogen-bond acceptors (Lipinski definition) is 3. The van der Waals surface area contributed by atoms with Crippen LogP contribution in [0.4, 0.5) is 0 Å². The maximum absolute atomic E-state index is 13.0. The Morgan fingerprint density at radius 2 is 1.86 bits per heavy atom. The molecule has 1 atom stereocenters. The molecule has 0 bridgehead atoms. The number of hydrogen-bond donors (Lipinski definition) is 1. The van der Waals surface area contributed by atoms with Gasteiger partial charge in [0, 0.05) is 17.6 Å². The zero-order valence-electron chi connectivity index (χ0n) is 16.6. The molecule has 1 N–H and O–H groups in total. The lowest BCUT2D eigenvalue weighted by Crippen LogP contribution is -2.50. The first-order valence-electron chi connectivity index (χ1n) is 9.45. The molecule has 0 aromatic heterocycles. The Bertz CT molecular complexity index is 793. The van der Waals surface area contributed by atoms with Crippen molar-refractivity contribution in [2.24, 2.45) is 0 Å². The van der Waals surface area contributed by atoms with E-state index < -0.39 is 6.04 Å². The Hall–Kier alpha value is -2.34. The summed E-state index contributed by atoms with van der Waals surface area (Å²) >= 11 is 3.38. The van der Waals surface area contributed by atoms with Gasteiger partial charge in [-0.25, -0.2) is 0 Å². The Kier molecular flexibility index (Phi) is 8.51. The van der Waals surface area contributed by atoms with E-state index in [0.717, 1.165) is 15.6 Å². The van der Waals surface area contributed by atoms with Crippen molar-refractivity contribution in [3.63, 3.8) is 0 Å². The minimum Gasteiger partial charge on any atom is -0.484 e. The number of nitrogens with zero attached hydrogens (tertiary/aromatic N) is 1. The highest BCUT2D eigenvalue weighted by Crippen LogP contribution is 2.17. The smallest absolute Gasteiger partial charge is 0.261 e. The SMILES string of the molecule is CCNC(=O)C(CC)N(Cc1cccc(C)c1)C(=O)COc1ccc(Br)cc1. The van der Waals surface area contributed by atoms with E-state index in [0.29, 0.717) is 25.3 Å². The van der Waals surface area contributed by atoms with Gasteiger partial charge < -0.3 is 15.0 Å². The second kappa shape index (κ2) is 10.9. The number of nitrogens with one attached hydrogen (secondary N) is 1. The summed E-state index contributed by atoms with van der Waals surface area (Å²) in [5, 5.41) is 2.83. The third-order valence-electron chi connectivity index (χ3n) is 4.35. The third-order valence-corrected chi connectivity index (χ3v) is 4.88. The van der Waals surface area contributed by atoms with Gasteiger partial charge >= 0.3 is 0 Å². The molecule has 2 aromatic rings. The Balaban J connectivity index is 2.18. The predicted molar refractivity (Wildman–Crippen MR) is 114 cm³/mol. The zero-order valence-corrected chi connectivity index (χ0v) is 18.2. The molecule has 2 rings (SSSR count). The number of halogens is 1. The predicted octanol–water partition coefficient (Wildman–Crippen LogP) is 4.08. The van der Waals surface area contributed by atoms with Crippen molar-refractivity contribution < 1.29 is 14.3 Å². The number of amides is 2. The molecular formula is C22H27BrN2O3. The van der Waals surface area contributed by atoms with E-state index in [9.17, 15) is 9.59 Å². The summed E-state index contributed by atoms with van der Waals surface area (Å²) in [6.45, 7) is 6.55. The van der Waals surface area contributed by atoms with E-state index >= 15 is 0 Å². The topological polar surface area (TPSA) is 58.6 Å². The zero-order chi connectivity index (χ0) is 20.5. The summed E-state index contributed by atoms with van der Waals surface area (Å²) in [7, 11) is 0. The first kappa shape index (κ1) is 22.0. The molecular weight excluding hydrogens is 420 g/mol. The van der Waals surface area contributed by atoms with Crippen molar-refractivity contribution in [2.45, 2.75) is 39.8 Å². The van der Waals surface area contributed by atoms with Gasteiger partial charge in [0.15, 0.2) is 6.61 Å². The second-order valence-electron chi connectivity index (χ2n) is 6.57. The maximum Gasteiger partial charge on any atom is 0.261 e. The van der Waals surface area contributed by atoms with E-state index in [1.54, 1.807) is 17.0 Å². The van der Waals surface area contributed by atoms with Gasteiger partial charge in [-0.05, 0) is 50.1 Å². The van der Waals surface area contributed by atoms with Crippen LogP contribution in [-0.4, -0.2) is 35.9 Å². The second-order valence-corrected chi connectivity index (χ2v) is 7.49. The largest absolute Gasteiger partial charge is 0.484 e. The fraction of sp³-hybridized carbons (Fsp3) is 0.364. The first-order valence-corrected chi connectivity index (χ1v) is 10.2. The van der Waals surface area contributed by atoms with Gasteiger partial charge in [0.25, 0.3) is 5.91 Å². The van der Waals surface area contributed by atoms with Crippen molar-refractivity contribution in [3.05, 3.63) is 64.1 Å². The highest BCUT2D eigenvalue weighted by atomic mass is 79.9. The van der Waals surface area contributed by atoms with Crippen molar-refractivity contribution in [3.8, 4) is 5.75 Å². The quantitative estimate of drug-likeness (QED) is 0.630. The molecule has 0 heterocycles. The van der Waals surface area contributed by atoms with E-state index in [2.05, 4.69) is 21.2 Å². The fourth-order valence-corrected chi connectivity index (χ4v) is 3.24. The minimum atomic E-state index is -0.540. The van der Waals surface area contributed by atoms with Crippen molar-refractivity contribution in [2.75, 3.05) is 13.2 Å². The molecule has 0 fully saturated rings. The molecule has 28 heavy (non-hydrogen) atoms. The summed E-state index contributed by atoms with van der Waals surface area (Å²) in [5.74, 6) is 0.246. The van der Waals surface area contributed by atoms with Gasteiger partial charge in [-0.15, -0.1) is 0 Å². The maximum atomic E-state index is 13.0. The third kappa shape index (κ3) is 6.37. The molecule has 5 nitrogen and oxygen atoms in total. The number of aryl methyl sites for hydroxylation is 1. The number of ether oxygens (including phenoxy) is 1. The van der Waals surface area contributed by atoms with E-state index in [1.807, 2.05) is 57.2 Å². The molecule has 0 aliphatic carbocycles. The first-order chi connectivity index (χ1) is 13.4. The lowest BCUT2D eigenvalue weighted by atomic mass is 10.1. The van der Waals surface area contributed by atoms with Crippen LogP contribution in [0.3, 0.4) is 0 Å². The Morgan fingerprint density at radius 1 is 1.14 bits per heavy atom. The van der Waals surface area contributed by atoms with E-state index in [4.69, 9.17) is 4.74 Å². The van der Waals surface area contributed by atoms with Crippen LogP contribution in [0, 0.1) is 6.92 Å². The van der Waals surface area contributed by atoms with Crippen LogP contribution in [0.15, 0.2) is 53.0 Å². The van der Waals surface area contributed by atoms with Gasteiger partial charge in [0.1, 0.15) is 11.8 Å². The molecule has 150 valence electrons. The number of benzene rings is 2. The van der Waals surface area contributed by atoms with Gasteiger partial charge in [-0.3, -0.25) is 9.59 Å². The highest BCUT2D eigenvalue weighted by molar-refractivity contribution is 9.10. The van der Waals surface area contributed by atoms with Crippen molar-refractivity contribution in [1.82, 2.24) is 10.2 Å². The minimum absolute atomic E-state index is 0.122. The number of carbonyl (C=O) groups is 2. The summed E-state index contributed by atoms with van der Waals surface area (Å²) in [5.41, 5.74) is 2.10. The molecule has 6 heteroatoms. The lowest BCUT2D eigenvalue weighted by Gasteiger charge is -2.30. The Morgan fingerprint density at radius 3 is 2.46 bits per heavy atom. The highest BCUT2D eigenvalue weighted by Gasteiger charge is 2.28. The molecule has 0 aliphatic rings. The molecule has 0 radical (unpaired) electrons. The van der Waals surface area contributed by atoms with Crippen LogP contribution in [-0.2, 0) is 16.1 Å². The van der Waals surface area contributed by atoms with Crippen molar-refractivity contribution >= 4 is 27.7 Å². The summed E-state index contributed by atoms with van der Waals surface area (Å²) in [4.78, 5) is 27.1. The van der Waals surface area contributed by atoms with Crippen LogP contribution >= 0.6 is 15.9 Å². The average molecular weight is 447 g/mol. The monoisotopic (exact) mass is 446 g/mol. The molecule has 0 aliphatic heterocycles. The van der Waals surface area contributed by atoms with Crippen LogP contribution in [0.5, 0.6) is 5.75 Å². The summed E-state index contributed by atoms with van der Waals surface area (Å²) < 4.78 is 6.60. The molecule has 1 unspecified atom stereocenters. The van der Waals surface area contributed by atoms with E-state index in [-0.39, 0.29) is 18.4 Å². The number of rotatable bonds is 9. The molecule has 2 aromatic carbocycles. The lowest BCUT2D eigenvalue weighted by molar-refractivity contribution is -0.142.